The molecular weight excluding hydrogens is 447 g/mol. The van der Waals surface area contributed by atoms with Crippen molar-refractivity contribution >= 4 is 5.97 Å². The van der Waals surface area contributed by atoms with Gasteiger partial charge in [0.25, 0.3) is 0 Å². The first-order valence-corrected chi connectivity index (χ1v) is 11.9. The molecule has 1 N–H and O–H groups in total. The van der Waals surface area contributed by atoms with E-state index in [9.17, 15) is 18.0 Å². The number of likely N-dealkylation sites (tertiary alicyclic amines) is 1. The summed E-state index contributed by atoms with van der Waals surface area (Å²) >= 11 is 0. The third-order valence-electron chi connectivity index (χ3n) is 7.78. The average Bonchev–Trinajstić information content (AvgIpc) is 3.10. The van der Waals surface area contributed by atoms with Crippen LogP contribution in [0, 0.1) is 11.8 Å². The quantitative estimate of drug-likeness (QED) is 0.627. The molecule has 4 aliphatic rings. The first-order chi connectivity index (χ1) is 16.3. The summed E-state index contributed by atoms with van der Waals surface area (Å²) in [6.45, 7) is 2.45. The predicted octanol–water partition coefficient (Wildman–Crippen LogP) is 5.17. The molecule has 2 aliphatic carbocycles. The van der Waals surface area contributed by atoms with Crippen molar-refractivity contribution in [3.63, 3.8) is 0 Å². The number of benzene rings is 2. The molecule has 0 bridgehead atoms. The molecule has 0 aromatic heterocycles. The highest BCUT2D eigenvalue weighted by molar-refractivity contribution is 5.68. The SMILES string of the molecule is O=C(O)CC1COc2cc(O[C@@H]3CCc4c3ccc(C(F)(F)F)c4CN3CC4C[C@@H]4C3)ccc21. The van der Waals surface area contributed by atoms with Crippen LogP contribution in [-0.4, -0.2) is 35.7 Å². The summed E-state index contributed by atoms with van der Waals surface area (Å²) in [6.07, 6.45) is -2.30. The van der Waals surface area contributed by atoms with Crippen molar-refractivity contribution in [1.82, 2.24) is 4.90 Å². The van der Waals surface area contributed by atoms with Gasteiger partial charge in [-0.15, -0.1) is 0 Å². The highest BCUT2D eigenvalue weighted by Crippen LogP contribution is 2.48. The van der Waals surface area contributed by atoms with Crippen molar-refractivity contribution in [1.29, 1.82) is 0 Å². The number of carboxylic acid groups (broad SMARTS) is 1. The molecule has 1 saturated carbocycles. The van der Waals surface area contributed by atoms with Crippen LogP contribution < -0.4 is 9.47 Å². The Morgan fingerprint density at radius 2 is 1.91 bits per heavy atom. The van der Waals surface area contributed by atoms with Crippen molar-refractivity contribution in [3.05, 3.63) is 58.1 Å². The van der Waals surface area contributed by atoms with Crippen LogP contribution in [0.1, 0.15) is 59.1 Å². The summed E-state index contributed by atoms with van der Waals surface area (Å²) in [5, 5.41) is 9.08. The number of hydrogen-bond donors (Lipinski definition) is 1. The molecule has 0 amide bonds. The van der Waals surface area contributed by atoms with Crippen LogP contribution in [0.3, 0.4) is 0 Å². The number of piperidine rings is 1. The van der Waals surface area contributed by atoms with Crippen molar-refractivity contribution in [2.24, 2.45) is 11.8 Å². The Morgan fingerprint density at radius 1 is 1.15 bits per heavy atom. The number of rotatable bonds is 6. The summed E-state index contributed by atoms with van der Waals surface area (Å²) in [4.78, 5) is 13.2. The summed E-state index contributed by atoms with van der Waals surface area (Å²) < 4.78 is 53.5. The molecule has 2 unspecified atom stereocenters. The molecule has 2 aromatic rings. The third-order valence-corrected chi connectivity index (χ3v) is 7.78. The number of carbonyl (C=O) groups is 1. The lowest BCUT2D eigenvalue weighted by atomic mass is 9.96. The Bertz CT molecular complexity index is 1140. The number of aliphatic carboxylic acids is 1. The molecule has 2 heterocycles. The molecular formula is C26H26F3NO4. The molecule has 0 spiro atoms. The minimum absolute atomic E-state index is 0.00598. The van der Waals surface area contributed by atoms with Crippen LogP contribution in [0.2, 0.25) is 0 Å². The minimum atomic E-state index is -4.38. The van der Waals surface area contributed by atoms with E-state index in [-0.39, 0.29) is 18.4 Å². The first kappa shape index (κ1) is 21.8. The summed E-state index contributed by atoms with van der Waals surface area (Å²) in [5.74, 6) is 1.47. The van der Waals surface area contributed by atoms with Crippen molar-refractivity contribution < 1.29 is 32.5 Å². The largest absolute Gasteiger partial charge is 0.492 e. The Morgan fingerprint density at radius 3 is 2.65 bits per heavy atom. The summed E-state index contributed by atoms with van der Waals surface area (Å²) in [5.41, 5.74) is 2.34. The van der Waals surface area contributed by atoms with Crippen molar-refractivity contribution in [2.75, 3.05) is 19.7 Å². The zero-order valence-corrected chi connectivity index (χ0v) is 18.6. The standard InChI is InChI=1S/C26H26F3NO4/c27-26(28,29)22-5-3-20-19(21(22)12-30-10-14-7-15(14)11-30)4-6-23(20)34-17-1-2-18-16(8-25(31)32)13-33-24(18)9-17/h1-3,5,9,14-16,23H,4,6-8,10-13H2,(H,31,32)/t14-,15?,16?,23-/m1/s1. The fourth-order valence-electron chi connectivity index (χ4n) is 6.03. The van der Waals surface area contributed by atoms with Gasteiger partial charge >= 0.3 is 12.1 Å². The Balaban J connectivity index is 1.25. The van der Waals surface area contributed by atoms with Gasteiger partial charge in [0.2, 0.25) is 0 Å². The van der Waals surface area contributed by atoms with Crippen LogP contribution >= 0.6 is 0 Å². The van der Waals surface area contributed by atoms with E-state index in [4.69, 9.17) is 14.6 Å². The lowest BCUT2D eigenvalue weighted by molar-refractivity contribution is -0.139. The number of nitrogens with zero attached hydrogens (tertiary/aromatic N) is 1. The van der Waals surface area contributed by atoms with Gasteiger partial charge in [0.1, 0.15) is 17.6 Å². The predicted molar refractivity (Wildman–Crippen MR) is 117 cm³/mol. The van der Waals surface area contributed by atoms with Gasteiger partial charge in [-0.3, -0.25) is 9.69 Å². The molecule has 2 aliphatic heterocycles. The molecule has 4 atom stereocenters. The zero-order valence-electron chi connectivity index (χ0n) is 18.6. The van der Waals surface area contributed by atoms with E-state index in [1.807, 2.05) is 6.07 Å². The van der Waals surface area contributed by atoms with Crippen LogP contribution in [-0.2, 0) is 23.9 Å². The van der Waals surface area contributed by atoms with Gasteiger partial charge in [0.15, 0.2) is 0 Å². The number of alkyl halides is 3. The second-order valence-electron chi connectivity index (χ2n) is 10.1. The lowest BCUT2D eigenvalue weighted by Gasteiger charge is -2.24. The fraction of sp³-hybridized carbons (Fsp3) is 0.500. The number of halogens is 3. The minimum Gasteiger partial charge on any atom is -0.492 e. The van der Waals surface area contributed by atoms with Crippen molar-refractivity contribution in [2.45, 2.75) is 50.4 Å². The van der Waals surface area contributed by atoms with E-state index in [2.05, 4.69) is 4.90 Å². The summed E-state index contributed by atoms with van der Waals surface area (Å²) in [6, 6.07) is 8.18. The average molecular weight is 473 g/mol. The van der Waals surface area contributed by atoms with E-state index in [1.165, 1.54) is 12.5 Å². The molecule has 5 nitrogen and oxygen atoms in total. The van der Waals surface area contributed by atoms with E-state index in [1.54, 1.807) is 18.2 Å². The molecule has 2 fully saturated rings. The van der Waals surface area contributed by atoms with Gasteiger partial charge in [-0.1, -0.05) is 12.1 Å². The second-order valence-corrected chi connectivity index (χ2v) is 10.1. The fourth-order valence-corrected chi connectivity index (χ4v) is 6.03. The van der Waals surface area contributed by atoms with Gasteiger partial charge in [-0.2, -0.15) is 13.2 Å². The number of ether oxygens (including phenoxy) is 2. The maximum atomic E-state index is 13.9. The maximum Gasteiger partial charge on any atom is 0.416 e. The van der Waals surface area contributed by atoms with Crippen LogP contribution in [0.25, 0.3) is 0 Å². The van der Waals surface area contributed by atoms with Gasteiger partial charge in [-0.25, -0.2) is 0 Å². The molecule has 6 rings (SSSR count). The highest BCUT2D eigenvalue weighted by atomic mass is 19.4. The molecule has 8 heteroatoms. The molecule has 2 aromatic carbocycles. The van der Waals surface area contributed by atoms with Crippen LogP contribution in [0.4, 0.5) is 13.2 Å². The van der Waals surface area contributed by atoms with Gasteiger partial charge in [-0.05, 0) is 59.9 Å². The smallest absolute Gasteiger partial charge is 0.416 e. The zero-order chi connectivity index (χ0) is 23.6. The monoisotopic (exact) mass is 473 g/mol. The molecule has 1 saturated heterocycles. The Labute approximate surface area is 195 Å². The lowest BCUT2D eigenvalue weighted by Crippen LogP contribution is -2.25. The number of carboxylic acids is 1. The van der Waals surface area contributed by atoms with Gasteiger partial charge < -0.3 is 14.6 Å². The molecule has 0 radical (unpaired) electrons. The Hall–Kier alpha value is -2.74. The third kappa shape index (κ3) is 3.91. The van der Waals surface area contributed by atoms with E-state index >= 15 is 0 Å². The number of fused-ring (bicyclic) bond motifs is 3. The normalized spacial score (nSPS) is 27.1. The molecule has 34 heavy (non-hydrogen) atoms. The van der Waals surface area contributed by atoms with Crippen molar-refractivity contribution in [3.8, 4) is 11.5 Å². The Kier molecular flexibility index (Phi) is 5.06. The van der Waals surface area contributed by atoms with E-state index < -0.39 is 17.7 Å². The topological polar surface area (TPSA) is 59.0 Å². The van der Waals surface area contributed by atoms with Crippen LogP contribution in [0.5, 0.6) is 11.5 Å². The second kappa shape index (κ2) is 7.90. The maximum absolute atomic E-state index is 13.9. The highest BCUT2D eigenvalue weighted by Gasteiger charge is 2.46. The summed E-state index contributed by atoms with van der Waals surface area (Å²) in [7, 11) is 0. The molecule has 180 valence electrons. The van der Waals surface area contributed by atoms with E-state index in [0.717, 1.165) is 29.8 Å². The first-order valence-electron chi connectivity index (χ1n) is 11.9. The van der Waals surface area contributed by atoms with E-state index in [0.29, 0.717) is 54.9 Å². The number of hydrogen-bond acceptors (Lipinski definition) is 4. The van der Waals surface area contributed by atoms with Gasteiger partial charge in [0.05, 0.1) is 18.6 Å². The van der Waals surface area contributed by atoms with Crippen LogP contribution in [0.15, 0.2) is 30.3 Å². The van der Waals surface area contributed by atoms with Gasteiger partial charge in [0, 0.05) is 37.2 Å².